The van der Waals surface area contributed by atoms with Gasteiger partial charge < -0.3 is 13.9 Å². The summed E-state index contributed by atoms with van der Waals surface area (Å²) in [5, 5.41) is 1.09. The number of pyridine rings is 1. The predicted octanol–water partition coefficient (Wildman–Crippen LogP) is 1.87. The molecule has 0 unspecified atom stereocenters. The molecule has 0 spiro atoms. The van der Waals surface area contributed by atoms with Crippen molar-refractivity contribution in [3.63, 3.8) is 0 Å². The van der Waals surface area contributed by atoms with E-state index in [1.807, 2.05) is 23.9 Å². The Morgan fingerprint density at radius 3 is 2.42 bits per heavy atom. The second-order valence-electron chi connectivity index (χ2n) is 6.16. The molecule has 0 aromatic carbocycles. The van der Waals surface area contributed by atoms with E-state index in [4.69, 9.17) is 9.31 Å². The zero-order valence-electron chi connectivity index (χ0n) is 12.1. The van der Waals surface area contributed by atoms with Crippen molar-refractivity contribution < 1.29 is 9.31 Å². The van der Waals surface area contributed by atoms with Crippen molar-refractivity contribution in [2.45, 2.75) is 38.9 Å². The lowest BCUT2D eigenvalue weighted by Crippen LogP contribution is -2.41. The number of hydrogen-bond donors (Lipinski definition) is 0. The molecular formula is C14H19BN2O2. The SMILES string of the molecule is Cn1cc(B2OC(C)(C)C(C)(C)O2)c2cccnc21. The van der Waals surface area contributed by atoms with E-state index >= 15 is 0 Å². The highest BCUT2D eigenvalue weighted by Crippen LogP contribution is 2.37. The number of aryl methyl sites for hydroxylation is 1. The summed E-state index contributed by atoms with van der Waals surface area (Å²) in [6, 6.07) is 4.00. The van der Waals surface area contributed by atoms with Crippen molar-refractivity contribution in [1.82, 2.24) is 9.55 Å². The van der Waals surface area contributed by atoms with Gasteiger partial charge in [0.2, 0.25) is 0 Å². The molecule has 3 heterocycles. The molecule has 4 nitrogen and oxygen atoms in total. The van der Waals surface area contributed by atoms with E-state index in [1.165, 1.54) is 0 Å². The highest BCUT2D eigenvalue weighted by molar-refractivity contribution is 6.65. The average molecular weight is 258 g/mol. The fourth-order valence-corrected chi connectivity index (χ4v) is 2.40. The smallest absolute Gasteiger partial charge is 0.399 e. The van der Waals surface area contributed by atoms with Gasteiger partial charge in [-0.15, -0.1) is 0 Å². The van der Waals surface area contributed by atoms with Crippen molar-refractivity contribution in [1.29, 1.82) is 0 Å². The summed E-state index contributed by atoms with van der Waals surface area (Å²) in [6.45, 7) is 8.26. The van der Waals surface area contributed by atoms with Gasteiger partial charge in [-0.1, -0.05) is 6.07 Å². The van der Waals surface area contributed by atoms with Crippen molar-refractivity contribution in [3.05, 3.63) is 24.5 Å². The van der Waals surface area contributed by atoms with Crippen LogP contribution in [0.25, 0.3) is 11.0 Å². The van der Waals surface area contributed by atoms with Crippen molar-refractivity contribution in [2.24, 2.45) is 7.05 Å². The van der Waals surface area contributed by atoms with Crippen LogP contribution in [0.4, 0.5) is 0 Å². The molecule has 0 amide bonds. The Kier molecular flexibility index (Phi) is 2.56. The maximum atomic E-state index is 6.11. The summed E-state index contributed by atoms with van der Waals surface area (Å²) in [5.74, 6) is 0. The highest BCUT2D eigenvalue weighted by atomic mass is 16.7. The highest BCUT2D eigenvalue weighted by Gasteiger charge is 2.52. The molecule has 2 aromatic heterocycles. The average Bonchev–Trinajstić information content (AvgIpc) is 2.76. The molecule has 0 radical (unpaired) electrons. The summed E-state index contributed by atoms with van der Waals surface area (Å²) in [6.07, 6.45) is 3.84. The quantitative estimate of drug-likeness (QED) is 0.733. The van der Waals surface area contributed by atoms with Crippen LogP contribution < -0.4 is 5.46 Å². The maximum absolute atomic E-state index is 6.11. The minimum Gasteiger partial charge on any atom is -0.399 e. The second kappa shape index (κ2) is 3.84. The van der Waals surface area contributed by atoms with E-state index in [0.717, 1.165) is 16.5 Å². The van der Waals surface area contributed by atoms with Crippen LogP contribution in [0.2, 0.25) is 0 Å². The van der Waals surface area contributed by atoms with Crippen LogP contribution in [-0.2, 0) is 16.4 Å². The maximum Gasteiger partial charge on any atom is 0.497 e. The molecule has 5 heteroatoms. The third-order valence-electron chi connectivity index (χ3n) is 4.27. The largest absolute Gasteiger partial charge is 0.497 e. The van der Waals surface area contributed by atoms with Gasteiger partial charge in [-0.3, -0.25) is 0 Å². The minimum absolute atomic E-state index is 0.317. The van der Waals surface area contributed by atoms with Crippen LogP contribution in [0.3, 0.4) is 0 Å². The molecule has 0 N–H and O–H groups in total. The lowest BCUT2D eigenvalue weighted by molar-refractivity contribution is 0.00578. The fourth-order valence-electron chi connectivity index (χ4n) is 2.40. The van der Waals surface area contributed by atoms with Crippen LogP contribution in [0.5, 0.6) is 0 Å². The molecule has 3 rings (SSSR count). The molecule has 19 heavy (non-hydrogen) atoms. The number of fused-ring (bicyclic) bond motifs is 1. The molecule has 2 aromatic rings. The minimum atomic E-state index is -0.335. The molecule has 1 fully saturated rings. The second-order valence-corrected chi connectivity index (χ2v) is 6.16. The first-order valence-corrected chi connectivity index (χ1v) is 6.57. The van der Waals surface area contributed by atoms with E-state index in [-0.39, 0.29) is 18.3 Å². The Morgan fingerprint density at radius 1 is 1.16 bits per heavy atom. The number of nitrogens with zero attached hydrogens (tertiary/aromatic N) is 2. The van der Waals surface area contributed by atoms with Gasteiger partial charge in [0.15, 0.2) is 0 Å². The molecule has 1 aliphatic rings. The predicted molar refractivity (Wildman–Crippen MR) is 76.4 cm³/mol. The van der Waals surface area contributed by atoms with Gasteiger partial charge in [0, 0.05) is 30.3 Å². The molecule has 1 aliphatic heterocycles. The Bertz CT molecular complexity index is 617. The van der Waals surface area contributed by atoms with Gasteiger partial charge in [0.25, 0.3) is 0 Å². The normalized spacial score (nSPS) is 21.2. The van der Waals surface area contributed by atoms with E-state index in [0.29, 0.717) is 0 Å². The van der Waals surface area contributed by atoms with Crippen molar-refractivity contribution in [3.8, 4) is 0 Å². The van der Waals surface area contributed by atoms with E-state index in [2.05, 4.69) is 38.7 Å². The van der Waals surface area contributed by atoms with E-state index in [1.54, 1.807) is 6.20 Å². The Balaban J connectivity index is 2.08. The third kappa shape index (κ3) is 1.80. The summed E-state index contributed by atoms with van der Waals surface area (Å²) in [5.41, 5.74) is 1.36. The van der Waals surface area contributed by atoms with Gasteiger partial charge in [-0.25, -0.2) is 4.98 Å². The Labute approximate surface area is 113 Å². The topological polar surface area (TPSA) is 36.3 Å². The van der Waals surface area contributed by atoms with Crippen LogP contribution in [0, 0.1) is 0 Å². The van der Waals surface area contributed by atoms with Gasteiger partial charge in [0.05, 0.1) is 11.2 Å². The van der Waals surface area contributed by atoms with Gasteiger partial charge >= 0.3 is 7.12 Å². The first kappa shape index (κ1) is 12.7. The lowest BCUT2D eigenvalue weighted by atomic mass is 9.79. The number of rotatable bonds is 1. The van der Waals surface area contributed by atoms with E-state index in [9.17, 15) is 0 Å². The van der Waals surface area contributed by atoms with Gasteiger partial charge in [-0.05, 0) is 33.8 Å². The molecule has 1 saturated heterocycles. The lowest BCUT2D eigenvalue weighted by Gasteiger charge is -2.32. The van der Waals surface area contributed by atoms with Gasteiger partial charge in [-0.2, -0.15) is 0 Å². The molecular weight excluding hydrogens is 239 g/mol. The zero-order valence-corrected chi connectivity index (χ0v) is 12.1. The molecule has 0 saturated carbocycles. The standard InChI is InChI=1S/C14H19BN2O2/c1-13(2)14(3,4)19-15(18-13)11-9-17(5)12-10(11)7-6-8-16-12/h6-9H,1-5H3. The molecule has 0 aliphatic carbocycles. The van der Waals surface area contributed by atoms with Crippen LogP contribution in [0.15, 0.2) is 24.5 Å². The first-order valence-electron chi connectivity index (χ1n) is 6.57. The molecule has 0 atom stereocenters. The van der Waals surface area contributed by atoms with Gasteiger partial charge in [0.1, 0.15) is 5.65 Å². The summed E-state index contributed by atoms with van der Waals surface area (Å²) in [4.78, 5) is 4.40. The fraction of sp³-hybridized carbons (Fsp3) is 0.500. The first-order chi connectivity index (χ1) is 8.82. The van der Waals surface area contributed by atoms with Crippen LogP contribution >= 0.6 is 0 Å². The number of hydrogen-bond acceptors (Lipinski definition) is 3. The molecule has 0 bridgehead atoms. The third-order valence-corrected chi connectivity index (χ3v) is 4.27. The zero-order chi connectivity index (χ0) is 13.8. The Morgan fingerprint density at radius 2 is 1.79 bits per heavy atom. The Hall–Kier alpha value is -1.33. The van der Waals surface area contributed by atoms with Crippen molar-refractivity contribution in [2.75, 3.05) is 0 Å². The van der Waals surface area contributed by atoms with Crippen LogP contribution in [0.1, 0.15) is 27.7 Å². The van der Waals surface area contributed by atoms with E-state index < -0.39 is 0 Å². The number of aromatic nitrogens is 2. The van der Waals surface area contributed by atoms with Crippen LogP contribution in [-0.4, -0.2) is 27.9 Å². The monoisotopic (exact) mass is 258 g/mol. The summed E-state index contributed by atoms with van der Waals surface area (Å²) < 4.78 is 14.2. The summed E-state index contributed by atoms with van der Waals surface area (Å²) in [7, 11) is 1.65. The molecule has 100 valence electrons. The van der Waals surface area contributed by atoms with Crippen molar-refractivity contribution >= 4 is 23.6 Å². The summed E-state index contributed by atoms with van der Waals surface area (Å²) >= 11 is 0.